The van der Waals surface area contributed by atoms with Crippen molar-refractivity contribution in [1.29, 1.82) is 0 Å². The maximum atomic E-state index is 13.6. The lowest BCUT2D eigenvalue weighted by Crippen LogP contribution is -2.39. The van der Waals surface area contributed by atoms with Crippen molar-refractivity contribution in [2.24, 2.45) is 0 Å². The number of piperidine rings is 1. The highest BCUT2D eigenvalue weighted by molar-refractivity contribution is 7.92. The minimum Gasteiger partial charge on any atom is -0.497 e. The molecule has 2 heterocycles. The van der Waals surface area contributed by atoms with Crippen molar-refractivity contribution < 1.29 is 17.5 Å². The number of hydrogen-bond donors (Lipinski definition) is 0. The standard InChI is InChI=1S/C22H23FN2O3S2/c1-15-3-6-17(23)13-21(15)30(26,27)19-9-11-25(12-10-19)22-24-20(14-29-22)16-4-7-18(28-2)8-5-16/h3-8,13-14,19H,9-12H2,1-2H3. The van der Waals surface area contributed by atoms with E-state index >= 15 is 0 Å². The Morgan fingerprint density at radius 2 is 1.83 bits per heavy atom. The molecule has 30 heavy (non-hydrogen) atoms. The normalized spacial score (nSPS) is 15.4. The number of aryl methyl sites for hydroxylation is 1. The summed E-state index contributed by atoms with van der Waals surface area (Å²) in [5.74, 6) is 0.275. The van der Waals surface area contributed by atoms with E-state index in [1.165, 1.54) is 12.1 Å². The molecule has 3 aromatic rings. The van der Waals surface area contributed by atoms with Gasteiger partial charge in [0.15, 0.2) is 15.0 Å². The van der Waals surface area contributed by atoms with Crippen molar-refractivity contribution in [3.63, 3.8) is 0 Å². The van der Waals surface area contributed by atoms with Gasteiger partial charge in [-0.15, -0.1) is 11.3 Å². The zero-order chi connectivity index (χ0) is 21.3. The summed E-state index contributed by atoms with van der Waals surface area (Å²) in [5.41, 5.74) is 2.49. The molecule has 1 aromatic heterocycles. The predicted octanol–water partition coefficient (Wildman–Crippen LogP) is 4.71. The van der Waals surface area contributed by atoms with E-state index in [1.54, 1.807) is 25.4 Å². The minimum absolute atomic E-state index is 0.108. The third kappa shape index (κ3) is 4.06. The van der Waals surface area contributed by atoms with Crippen LogP contribution in [-0.2, 0) is 9.84 Å². The topological polar surface area (TPSA) is 59.5 Å². The van der Waals surface area contributed by atoms with Gasteiger partial charge in [0.05, 0.1) is 22.9 Å². The van der Waals surface area contributed by atoms with E-state index in [-0.39, 0.29) is 4.90 Å². The quantitative estimate of drug-likeness (QED) is 0.568. The number of benzene rings is 2. The number of halogens is 1. The zero-order valence-corrected chi connectivity index (χ0v) is 18.5. The Labute approximate surface area is 180 Å². The molecule has 1 aliphatic heterocycles. The van der Waals surface area contributed by atoms with Crippen LogP contribution in [0.1, 0.15) is 18.4 Å². The highest BCUT2D eigenvalue weighted by atomic mass is 32.2. The molecule has 0 unspecified atom stereocenters. The van der Waals surface area contributed by atoms with Gasteiger partial charge in [-0.25, -0.2) is 17.8 Å². The van der Waals surface area contributed by atoms with E-state index in [0.29, 0.717) is 31.5 Å². The van der Waals surface area contributed by atoms with Crippen LogP contribution in [0.15, 0.2) is 52.7 Å². The van der Waals surface area contributed by atoms with Crippen LogP contribution in [0.2, 0.25) is 0 Å². The van der Waals surface area contributed by atoms with Crippen LogP contribution in [-0.4, -0.2) is 38.9 Å². The lowest BCUT2D eigenvalue weighted by Gasteiger charge is -2.31. The minimum atomic E-state index is -3.56. The molecule has 0 atom stereocenters. The summed E-state index contributed by atoms with van der Waals surface area (Å²) < 4.78 is 44.9. The van der Waals surface area contributed by atoms with Crippen LogP contribution in [0, 0.1) is 12.7 Å². The lowest BCUT2D eigenvalue weighted by molar-refractivity contribution is 0.415. The molecule has 158 valence electrons. The molecular formula is C22H23FN2O3S2. The van der Waals surface area contributed by atoms with E-state index in [9.17, 15) is 12.8 Å². The van der Waals surface area contributed by atoms with Crippen LogP contribution in [0.5, 0.6) is 5.75 Å². The zero-order valence-electron chi connectivity index (χ0n) is 16.8. The van der Waals surface area contributed by atoms with Gasteiger partial charge in [0.2, 0.25) is 0 Å². The van der Waals surface area contributed by atoms with Gasteiger partial charge in [-0.2, -0.15) is 0 Å². The van der Waals surface area contributed by atoms with Gasteiger partial charge in [-0.1, -0.05) is 6.07 Å². The molecule has 1 fully saturated rings. The van der Waals surface area contributed by atoms with Crippen LogP contribution in [0.25, 0.3) is 11.3 Å². The van der Waals surface area contributed by atoms with E-state index in [4.69, 9.17) is 9.72 Å². The average Bonchev–Trinajstić information content (AvgIpc) is 3.26. The fourth-order valence-corrected chi connectivity index (χ4v) is 6.59. The number of thiazole rings is 1. The van der Waals surface area contributed by atoms with Crippen LogP contribution < -0.4 is 9.64 Å². The summed E-state index contributed by atoms with van der Waals surface area (Å²) in [4.78, 5) is 6.97. The van der Waals surface area contributed by atoms with Gasteiger partial charge in [0.25, 0.3) is 0 Å². The Hall–Kier alpha value is -2.45. The summed E-state index contributed by atoms with van der Waals surface area (Å²) in [5, 5.41) is 2.39. The molecule has 0 bridgehead atoms. The third-order valence-electron chi connectivity index (χ3n) is 5.49. The molecule has 0 saturated carbocycles. The largest absolute Gasteiger partial charge is 0.497 e. The van der Waals surface area contributed by atoms with Gasteiger partial charge >= 0.3 is 0 Å². The number of aromatic nitrogens is 1. The lowest BCUT2D eigenvalue weighted by atomic mass is 10.1. The number of anilines is 1. The van der Waals surface area contributed by atoms with Gasteiger partial charge in [0.1, 0.15) is 11.6 Å². The highest BCUT2D eigenvalue weighted by Crippen LogP contribution is 2.33. The van der Waals surface area contributed by atoms with Crippen molar-refractivity contribution in [3.05, 3.63) is 59.2 Å². The first kappa shape index (κ1) is 20.8. The smallest absolute Gasteiger partial charge is 0.185 e. The second-order valence-electron chi connectivity index (χ2n) is 7.39. The molecule has 1 aliphatic rings. The fraction of sp³-hybridized carbons (Fsp3) is 0.318. The van der Waals surface area contributed by atoms with Crippen LogP contribution in [0.3, 0.4) is 0 Å². The van der Waals surface area contributed by atoms with E-state index < -0.39 is 20.9 Å². The van der Waals surface area contributed by atoms with Gasteiger partial charge in [-0.05, 0) is 61.7 Å². The summed E-state index contributed by atoms with van der Waals surface area (Å²) in [6.45, 7) is 2.92. The van der Waals surface area contributed by atoms with Crippen molar-refractivity contribution in [2.75, 3.05) is 25.1 Å². The first-order valence-electron chi connectivity index (χ1n) is 9.73. The summed E-state index contributed by atoms with van der Waals surface area (Å²) >= 11 is 1.55. The number of ether oxygens (including phenoxy) is 1. The predicted molar refractivity (Wildman–Crippen MR) is 118 cm³/mol. The molecule has 0 radical (unpaired) electrons. The summed E-state index contributed by atoms with van der Waals surface area (Å²) in [6, 6.07) is 11.7. The van der Waals surface area contributed by atoms with Crippen molar-refractivity contribution in [3.8, 4) is 17.0 Å². The number of sulfone groups is 1. The molecule has 8 heteroatoms. The molecule has 2 aromatic carbocycles. The first-order valence-corrected chi connectivity index (χ1v) is 12.2. The number of rotatable bonds is 5. The van der Waals surface area contributed by atoms with Gasteiger partial charge in [0, 0.05) is 24.0 Å². The Morgan fingerprint density at radius 3 is 2.50 bits per heavy atom. The molecule has 4 rings (SSSR count). The molecule has 5 nitrogen and oxygen atoms in total. The summed E-state index contributed by atoms with van der Waals surface area (Å²) in [6.07, 6.45) is 0.992. The van der Waals surface area contributed by atoms with Crippen molar-refractivity contribution in [1.82, 2.24) is 4.98 Å². The van der Waals surface area contributed by atoms with Gasteiger partial charge in [-0.3, -0.25) is 0 Å². The molecule has 0 spiro atoms. The second kappa shape index (κ2) is 8.35. The van der Waals surface area contributed by atoms with Crippen molar-refractivity contribution >= 4 is 26.3 Å². The third-order valence-corrected chi connectivity index (χ3v) is 8.79. The Kier molecular flexibility index (Phi) is 5.79. The number of nitrogens with zero attached hydrogens (tertiary/aromatic N) is 2. The van der Waals surface area contributed by atoms with Gasteiger partial charge < -0.3 is 9.64 Å². The molecule has 0 N–H and O–H groups in total. The monoisotopic (exact) mass is 446 g/mol. The van der Waals surface area contributed by atoms with Crippen LogP contribution in [0.4, 0.5) is 9.52 Å². The Balaban J connectivity index is 1.46. The Morgan fingerprint density at radius 1 is 1.13 bits per heavy atom. The fourth-order valence-electron chi connectivity index (χ4n) is 3.72. The van der Waals surface area contributed by atoms with E-state index in [1.807, 2.05) is 29.6 Å². The summed E-state index contributed by atoms with van der Waals surface area (Å²) in [7, 11) is -1.93. The molecule has 0 amide bonds. The number of hydrogen-bond acceptors (Lipinski definition) is 6. The average molecular weight is 447 g/mol. The SMILES string of the molecule is COc1ccc(-c2csc(N3CCC(S(=O)(=O)c4cc(F)ccc4C)CC3)n2)cc1. The molecular weight excluding hydrogens is 423 g/mol. The molecule has 0 aliphatic carbocycles. The molecule has 1 saturated heterocycles. The Bertz CT molecular complexity index is 1140. The second-order valence-corrected chi connectivity index (χ2v) is 10.4. The first-order chi connectivity index (χ1) is 14.4. The van der Waals surface area contributed by atoms with E-state index in [0.717, 1.165) is 28.2 Å². The van der Waals surface area contributed by atoms with E-state index in [2.05, 4.69) is 4.90 Å². The maximum Gasteiger partial charge on any atom is 0.185 e. The number of methoxy groups -OCH3 is 1. The van der Waals surface area contributed by atoms with Crippen molar-refractivity contribution in [2.45, 2.75) is 29.9 Å². The van der Waals surface area contributed by atoms with Crippen LogP contribution >= 0.6 is 11.3 Å². The highest BCUT2D eigenvalue weighted by Gasteiger charge is 2.33. The maximum absolute atomic E-state index is 13.6.